The van der Waals surface area contributed by atoms with E-state index in [9.17, 15) is 0 Å². The zero-order valence-corrected chi connectivity index (χ0v) is 12.7. The fourth-order valence-electron chi connectivity index (χ4n) is 1.73. The molecule has 0 fully saturated rings. The van der Waals surface area contributed by atoms with Crippen LogP contribution < -0.4 is 5.73 Å². The number of hydrogen-bond donors (Lipinski definition) is 1. The van der Waals surface area contributed by atoms with Crippen molar-refractivity contribution in [2.24, 2.45) is 0 Å². The summed E-state index contributed by atoms with van der Waals surface area (Å²) in [5.41, 5.74) is 8.92. The molecule has 0 saturated carbocycles. The molecule has 0 aliphatic carbocycles. The van der Waals surface area contributed by atoms with Gasteiger partial charge in [-0.15, -0.1) is 0 Å². The van der Waals surface area contributed by atoms with E-state index in [1.807, 2.05) is 24.3 Å². The molecular weight excluding hydrogens is 319 g/mol. The summed E-state index contributed by atoms with van der Waals surface area (Å²) in [7, 11) is 14.0. The standard InChI is InChI=1S/C13H8Cl2N2S2/c14-18-11-5-10(17)6-12(19-15)13(11)9-3-1-8(7-16)2-4-9/h1-6H,17H2. The number of nitriles is 1. The van der Waals surface area contributed by atoms with Gasteiger partial charge in [0, 0.05) is 21.0 Å². The van der Waals surface area contributed by atoms with Gasteiger partial charge in [0.1, 0.15) is 0 Å². The molecule has 0 amide bonds. The molecule has 0 saturated heterocycles. The second kappa shape index (κ2) is 6.44. The van der Waals surface area contributed by atoms with Crippen LogP contribution in [0.3, 0.4) is 0 Å². The zero-order valence-electron chi connectivity index (χ0n) is 9.56. The van der Waals surface area contributed by atoms with E-state index >= 15 is 0 Å². The van der Waals surface area contributed by atoms with Gasteiger partial charge >= 0.3 is 0 Å². The van der Waals surface area contributed by atoms with E-state index < -0.39 is 0 Å². The molecule has 0 bridgehead atoms. The van der Waals surface area contributed by atoms with Gasteiger partial charge in [-0.3, -0.25) is 0 Å². The van der Waals surface area contributed by atoms with Crippen LogP contribution in [0.25, 0.3) is 11.1 Å². The minimum atomic E-state index is 0.611. The van der Waals surface area contributed by atoms with Crippen LogP contribution in [0.1, 0.15) is 5.56 Å². The highest BCUT2D eigenvalue weighted by atomic mass is 35.7. The highest BCUT2D eigenvalue weighted by Crippen LogP contribution is 2.43. The van der Waals surface area contributed by atoms with Crippen LogP contribution in [0.15, 0.2) is 46.2 Å². The van der Waals surface area contributed by atoms with Crippen molar-refractivity contribution in [2.75, 3.05) is 5.73 Å². The number of nitrogens with zero attached hydrogens (tertiary/aromatic N) is 1. The Labute approximate surface area is 128 Å². The Morgan fingerprint density at radius 2 is 1.53 bits per heavy atom. The van der Waals surface area contributed by atoms with E-state index in [1.165, 1.54) is 0 Å². The molecule has 2 N–H and O–H groups in total. The number of hydrogen-bond acceptors (Lipinski definition) is 4. The molecule has 0 atom stereocenters. The summed E-state index contributed by atoms with van der Waals surface area (Å²) in [5.74, 6) is 0. The smallest absolute Gasteiger partial charge is 0.0991 e. The van der Waals surface area contributed by atoms with Crippen LogP contribution in [0.2, 0.25) is 0 Å². The molecule has 96 valence electrons. The Kier molecular flexibility index (Phi) is 4.89. The zero-order chi connectivity index (χ0) is 13.8. The lowest BCUT2D eigenvalue weighted by Crippen LogP contribution is -1.90. The number of nitrogens with two attached hydrogens (primary N) is 1. The van der Waals surface area contributed by atoms with E-state index in [4.69, 9.17) is 32.4 Å². The van der Waals surface area contributed by atoms with Gasteiger partial charge < -0.3 is 5.73 Å². The van der Waals surface area contributed by atoms with Crippen molar-refractivity contribution in [1.82, 2.24) is 0 Å². The molecule has 2 aromatic carbocycles. The second-order valence-corrected chi connectivity index (χ2v) is 5.85. The van der Waals surface area contributed by atoms with Crippen LogP contribution in [0.4, 0.5) is 5.69 Å². The van der Waals surface area contributed by atoms with E-state index in [2.05, 4.69) is 6.07 Å². The molecule has 0 spiro atoms. The topological polar surface area (TPSA) is 49.8 Å². The lowest BCUT2D eigenvalue weighted by atomic mass is 10.0. The van der Waals surface area contributed by atoms with E-state index in [1.54, 1.807) is 12.1 Å². The van der Waals surface area contributed by atoms with Crippen molar-refractivity contribution in [3.8, 4) is 17.2 Å². The minimum Gasteiger partial charge on any atom is -0.399 e. The van der Waals surface area contributed by atoms with Gasteiger partial charge in [0.2, 0.25) is 0 Å². The normalized spacial score (nSPS) is 10.2. The third-order valence-corrected chi connectivity index (χ3v) is 4.53. The molecule has 2 rings (SSSR count). The van der Waals surface area contributed by atoms with Crippen molar-refractivity contribution >= 4 is 49.0 Å². The summed E-state index contributed by atoms with van der Waals surface area (Å²) in [4.78, 5) is 1.68. The number of halogens is 2. The maximum absolute atomic E-state index is 8.82. The molecule has 0 unspecified atom stereocenters. The Balaban J connectivity index is 2.62. The Bertz CT molecular complexity index is 611. The predicted molar refractivity (Wildman–Crippen MR) is 84.4 cm³/mol. The predicted octanol–water partition coefficient (Wildman–Crippen LogP) is 5.30. The summed E-state index contributed by atoms with van der Waals surface area (Å²) < 4.78 is 0. The first kappa shape index (κ1) is 14.4. The van der Waals surface area contributed by atoms with Crippen molar-refractivity contribution in [2.45, 2.75) is 9.79 Å². The number of anilines is 1. The first-order valence-corrected chi connectivity index (χ1v) is 8.49. The van der Waals surface area contributed by atoms with Gasteiger partial charge in [0.15, 0.2) is 0 Å². The van der Waals surface area contributed by atoms with Crippen molar-refractivity contribution < 1.29 is 0 Å². The summed E-state index contributed by atoms with van der Waals surface area (Å²) >= 11 is 0. The Hall–Kier alpha value is -0.990. The molecule has 0 aliphatic rings. The molecule has 19 heavy (non-hydrogen) atoms. The van der Waals surface area contributed by atoms with Crippen LogP contribution in [-0.2, 0) is 0 Å². The van der Waals surface area contributed by atoms with Crippen LogP contribution in [0.5, 0.6) is 0 Å². The van der Waals surface area contributed by atoms with Gasteiger partial charge in [0.05, 0.1) is 11.6 Å². The van der Waals surface area contributed by atoms with Gasteiger partial charge in [-0.1, -0.05) is 12.1 Å². The number of rotatable bonds is 3. The molecule has 0 heterocycles. The molecule has 0 radical (unpaired) electrons. The lowest BCUT2D eigenvalue weighted by Gasteiger charge is -2.12. The maximum Gasteiger partial charge on any atom is 0.0991 e. The monoisotopic (exact) mass is 326 g/mol. The largest absolute Gasteiger partial charge is 0.399 e. The van der Waals surface area contributed by atoms with Crippen molar-refractivity contribution in [3.05, 3.63) is 42.0 Å². The Morgan fingerprint density at radius 1 is 1.00 bits per heavy atom. The average Bonchev–Trinajstić information content (AvgIpc) is 2.46. The maximum atomic E-state index is 8.82. The molecule has 2 nitrogen and oxygen atoms in total. The van der Waals surface area contributed by atoms with Crippen LogP contribution in [0, 0.1) is 11.3 Å². The second-order valence-electron chi connectivity index (χ2n) is 3.74. The van der Waals surface area contributed by atoms with Gasteiger partial charge in [0.25, 0.3) is 0 Å². The molecule has 2 aromatic rings. The van der Waals surface area contributed by atoms with E-state index in [0.717, 1.165) is 42.9 Å². The third-order valence-electron chi connectivity index (χ3n) is 2.56. The summed E-state index contributed by atoms with van der Waals surface area (Å²) in [6, 6.07) is 13.0. The number of benzene rings is 2. The van der Waals surface area contributed by atoms with Crippen molar-refractivity contribution in [3.63, 3.8) is 0 Å². The van der Waals surface area contributed by atoms with Crippen LogP contribution >= 0.6 is 43.3 Å². The highest BCUT2D eigenvalue weighted by Gasteiger charge is 2.13. The number of nitrogen functional groups attached to an aromatic ring is 1. The van der Waals surface area contributed by atoms with Gasteiger partial charge in [-0.25, -0.2) is 0 Å². The van der Waals surface area contributed by atoms with E-state index in [-0.39, 0.29) is 0 Å². The van der Waals surface area contributed by atoms with Crippen LogP contribution in [-0.4, -0.2) is 0 Å². The molecule has 6 heteroatoms. The highest BCUT2D eigenvalue weighted by molar-refractivity contribution is 8.22. The fourth-order valence-corrected chi connectivity index (χ4v) is 3.49. The van der Waals surface area contributed by atoms with Crippen molar-refractivity contribution in [1.29, 1.82) is 5.26 Å². The van der Waals surface area contributed by atoms with E-state index in [0.29, 0.717) is 11.3 Å². The lowest BCUT2D eigenvalue weighted by molar-refractivity contribution is 1.34. The van der Waals surface area contributed by atoms with Gasteiger partial charge in [-0.2, -0.15) is 5.26 Å². The van der Waals surface area contributed by atoms with Gasteiger partial charge in [-0.05, 0) is 73.1 Å². The average molecular weight is 327 g/mol. The summed E-state index contributed by atoms with van der Waals surface area (Å²) in [5, 5.41) is 8.82. The first-order valence-electron chi connectivity index (χ1n) is 5.21. The molecule has 0 aliphatic heterocycles. The summed E-state index contributed by atoms with van der Waals surface area (Å²) in [6.07, 6.45) is 0. The summed E-state index contributed by atoms with van der Waals surface area (Å²) in [6.45, 7) is 0. The first-order chi connectivity index (χ1) is 9.19. The molecule has 0 aromatic heterocycles. The molecular formula is C13H8Cl2N2S2. The SMILES string of the molecule is N#Cc1ccc(-c2c(SCl)cc(N)cc2SCl)cc1. The third kappa shape index (κ3) is 3.13. The fraction of sp³-hybridized carbons (Fsp3) is 0. The quantitative estimate of drug-likeness (QED) is 0.777. The Morgan fingerprint density at radius 3 is 1.95 bits per heavy atom. The minimum absolute atomic E-state index is 0.611.